The minimum atomic E-state index is -0.570. The van der Waals surface area contributed by atoms with Gasteiger partial charge in [0.05, 0.1) is 0 Å². The summed E-state index contributed by atoms with van der Waals surface area (Å²) >= 11 is 1.89. The molecule has 0 saturated heterocycles. The van der Waals surface area contributed by atoms with Gasteiger partial charge in [0.15, 0.2) is 6.61 Å². The number of rotatable bonds is 9. The number of esters is 1. The molecule has 1 amide bonds. The maximum absolute atomic E-state index is 12.7. The Labute approximate surface area is 176 Å². The van der Waals surface area contributed by atoms with Crippen LogP contribution in [-0.4, -0.2) is 30.3 Å². The number of amides is 1. The van der Waals surface area contributed by atoms with Crippen molar-refractivity contribution in [1.82, 2.24) is 5.32 Å². The van der Waals surface area contributed by atoms with Gasteiger partial charge in [-0.3, -0.25) is 4.79 Å². The van der Waals surface area contributed by atoms with E-state index in [1.807, 2.05) is 36.0 Å². The first kappa shape index (κ1) is 21.8. The van der Waals surface area contributed by atoms with E-state index < -0.39 is 5.97 Å². The van der Waals surface area contributed by atoms with Crippen molar-refractivity contribution in [2.75, 3.05) is 13.2 Å². The van der Waals surface area contributed by atoms with Gasteiger partial charge in [-0.05, 0) is 31.2 Å². The minimum Gasteiger partial charge on any atom is -0.450 e. The summed E-state index contributed by atoms with van der Waals surface area (Å²) in [5.74, 6) is 0.599. The van der Waals surface area contributed by atoms with E-state index in [2.05, 4.69) is 19.2 Å². The molecule has 2 aromatic rings. The van der Waals surface area contributed by atoms with Crippen LogP contribution >= 0.6 is 11.8 Å². The lowest BCUT2D eigenvalue weighted by Gasteiger charge is -2.20. The maximum atomic E-state index is 12.7. The first-order valence-corrected chi connectivity index (χ1v) is 11.6. The van der Waals surface area contributed by atoms with Gasteiger partial charge in [0.1, 0.15) is 5.58 Å². The summed E-state index contributed by atoms with van der Waals surface area (Å²) in [4.78, 5) is 24.6. The number of hydrogen-bond acceptors (Lipinski definition) is 5. The van der Waals surface area contributed by atoms with Crippen molar-refractivity contribution in [2.24, 2.45) is 5.92 Å². The van der Waals surface area contributed by atoms with Gasteiger partial charge in [-0.15, -0.1) is 0 Å². The van der Waals surface area contributed by atoms with Gasteiger partial charge in [0.2, 0.25) is 5.76 Å². The largest absolute Gasteiger partial charge is 0.450 e. The third-order valence-corrected chi connectivity index (χ3v) is 6.68. The van der Waals surface area contributed by atoms with Crippen LogP contribution in [0.15, 0.2) is 28.7 Å². The molecule has 29 heavy (non-hydrogen) atoms. The van der Waals surface area contributed by atoms with E-state index in [9.17, 15) is 9.59 Å². The summed E-state index contributed by atoms with van der Waals surface area (Å²) in [6.45, 7) is 4.49. The van der Waals surface area contributed by atoms with Crippen molar-refractivity contribution in [1.29, 1.82) is 0 Å². The number of para-hydroxylation sites is 1. The molecule has 1 aliphatic carbocycles. The number of carbonyl (C=O) groups excluding carboxylic acids is 2. The number of thioether (sulfide) groups is 1. The normalized spacial score (nSPS) is 15.0. The Hall–Kier alpha value is -1.95. The third kappa shape index (κ3) is 6.26. The molecular weight excluding hydrogens is 386 g/mol. The average Bonchev–Trinajstić information content (AvgIpc) is 3.09. The molecule has 1 N–H and O–H groups in total. The van der Waals surface area contributed by atoms with E-state index in [1.165, 1.54) is 32.1 Å². The number of furan rings is 1. The molecule has 1 heterocycles. The predicted molar refractivity (Wildman–Crippen MR) is 117 cm³/mol. The van der Waals surface area contributed by atoms with Crippen LogP contribution in [0.5, 0.6) is 0 Å². The smallest absolute Gasteiger partial charge is 0.375 e. The van der Waals surface area contributed by atoms with E-state index >= 15 is 0 Å². The molecular formula is C23H31NO4S. The fourth-order valence-electron chi connectivity index (χ4n) is 3.59. The Morgan fingerprint density at radius 1 is 1.21 bits per heavy atom. The Kier molecular flexibility index (Phi) is 8.04. The van der Waals surface area contributed by atoms with Crippen molar-refractivity contribution in [3.8, 4) is 0 Å². The Morgan fingerprint density at radius 2 is 1.97 bits per heavy atom. The molecule has 6 heteroatoms. The Morgan fingerprint density at radius 3 is 2.72 bits per heavy atom. The highest BCUT2D eigenvalue weighted by molar-refractivity contribution is 7.99. The molecule has 0 unspecified atom stereocenters. The number of benzene rings is 1. The average molecular weight is 418 g/mol. The first-order chi connectivity index (χ1) is 14.0. The lowest BCUT2D eigenvalue weighted by molar-refractivity contribution is -0.124. The molecule has 0 aliphatic heterocycles. The second-order valence-electron chi connectivity index (χ2n) is 8.09. The second kappa shape index (κ2) is 10.7. The highest BCUT2D eigenvalue weighted by Gasteiger charge is 2.24. The van der Waals surface area contributed by atoms with Gasteiger partial charge < -0.3 is 14.5 Å². The Bertz CT molecular complexity index is 823. The van der Waals surface area contributed by atoms with Crippen molar-refractivity contribution < 1.29 is 18.7 Å². The van der Waals surface area contributed by atoms with Crippen LogP contribution in [-0.2, 0) is 15.3 Å². The van der Waals surface area contributed by atoms with Crippen molar-refractivity contribution in [3.63, 3.8) is 0 Å². The zero-order valence-corrected chi connectivity index (χ0v) is 18.2. The fourth-order valence-corrected chi connectivity index (χ4v) is 4.94. The van der Waals surface area contributed by atoms with E-state index in [-0.39, 0.29) is 18.3 Å². The second-order valence-corrected chi connectivity index (χ2v) is 9.37. The van der Waals surface area contributed by atoms with Crippen LogP contribution in [0.3, 0.4) is 0 Å². The van der Waals surface area contributed by atoms with Crippen LogP contribution in [0.1, 0.15) is 68.5 Å². The third-order valence-electron chi connectivity index (χ3n) is 5.28. The lowest BCUT2D eigenvalue weighted by Crippen LogP contribution is -2.30. The summed E-state index contributed by atoms with van der Waals surface area (Å²) in [6, 6.07) is 7.68. The molecule has 1 aromatic carbocycles. The van der Waals surface area contributed by atoms with Gasteiger partial charge in [0.25, 0.3) is 5.91 Å². The van der Waals surface area contributed by atoms with Crippen LogP contribution in [0.4, 0.5) is 0 Å². The molecule has 1 saturated carbocycles. The van der Waals surface area contributed by atoms with E-state index in [4.69, 9.17) is 9.15 Å². The molecule has 0 spiro atoms. The monoisotopic (exact) mass is 417 g/mol. The number of ether oxygens (including phenoxy) is 1. The number of carbonyl (C=O) groups is 2. The number of fused-ring (bicyclic) bond motifs is 1. The molecule has 0 atom stereocenters. The topological polar surface area (TPSA) is 68.5 Å². The molecule has 1 fully saturated rings. The zero-order valence-electron chi connectivity index (χ0n) is 17.4. The summed E-state index contributed by atoms with van der Waals surface area (Å²) in [5.41, 5.74) is 1.56. The van der Waals surface area contributed by atoms with E-state index in [1.54, 1.807) is 0 Å². The van der Waals surface area contributed by atoms with Crippen molar-refractivity contribution >= 4 is 34.6 Å². The van der Waals surface area contributed by atoms with Crippen LogP contribution in [0.2, 0.25) is 0 Å². The van der Waals surface area contributed by atoms with Crippen molar-refractivity contribution in [2.45, 2.75) is 63.4 Å². The molecule has 158 valence electrons. The zero-order chi connectivity index (χ0) is 20.6. The van der Waals surface area contributed by atoms with E-state index in [0.717, 1.165) is 17.4 Å². The maximum Gasteiger partial charge on any atom is 0.375 e. The summed E-state index contributed by atoms with van der Waals surface area (Å²) in [5, 5.41) is 4.36. The van der Waals surface area contributed by atoms with Crippen molar-refractivity contribution in [3.05, 3.63) is 35.6 Å². The van der Waals surface area contributed by atoms with Crippen LogP contribution in [0, 0.1) is 5.92 Å². The lowest BCUT2D eigenvalue weighted by atomic mass is 10.0. The van der Waals surface area contributed by atoms with Crippen LogP contribution in [0.25, 0.3) is 11.0 Å². The number of hydrogen-bond donors (Lipinski definition) is 1. The molecule has 1 aromatic heterocycles. The Balaban J connectivity index is 1.64. The summed E-state index contributed by atoms with van der Waals surface area (Å²) in [6.07, 6.45) is 7.25. The summed E-state index contributed by atoms with van der Waals surface area (Å²) < 4.78 is 11.1. The van der Waals surface area contributed by atoms with Gasteiger partial charge in [-0.1, -0.05) is 51.3 Å². The standard InChI is InChI=1S/C23H31NO4S/c1-16(2)12-13-24-21(25)14-27-23(26)22-19(15-29-17-8-4-3-5-9-17)18-10-6-7-11-20(18)28-22/h6-7,10-11,16-17H,3-5,8-9,12-15H2,1-2H3,(H,24,25). The summed E-state index contributed by atoms with van der Waals surface area (Å²) in [7, 11) is 0. The molecule has 0 bridgehead atoms. The van der Waals surface area contributed by atoms with E-state index in [0.29, 0.717) is 29.0 Å². The predicted octanol–water partition coefficient (Wildman–Crippen LogP) is 5.32. The first-order valence-electron chi connectivity index (χ1n) is 10.6. The molecule has 0 radical (unpaired) electrons. The highest BCUT2D eigenvalue weighted by atomic mass is 32.2. The van der Waals surface area contributed by atoms with Crippen LogP contribution < -0.4 is 5.32 Å². The fraction of sp³-hybridized carbons (Fsp3) is 0.565. The SMILES string of the molecule is CC(C)CCNC(=O)COC(=O)c1oc2ccccc2c1CSC1CCCCC1. The van der Waals surface area contributed by atoms with Gasteiger partial charge in [-0.25, -0.2) is 4.79 Å². The molecule has 5 nitrogen and oxygen atoms in total. The quantitative estimate of drug-likeness (QED) is 0.559. The molecule has 1 aliphatic rings. The van der Waals surface area contributed by atoms with Gasteiger partial charge in [0, 0.05) is 28.5 Å². The molecule has 3 rings (SSSR count). The van der Waals surface area contributed by atoms with Gasteiger partial charge in [-0.2, -0.15) is 11.8 Å². The highest BCUT2D eigenvalue weighted by Crippen LogP contribution is 2.35. The number of nitrogens with one attached hydrogen (secondary N) is 1. The minimum absolute atomic E-state index is 0.226. The van der Waals surface area contributed by atoms with Gasteiger partial charge >= 0.3 is 5.97 Å².